The first kappa shape index (κ1) is 22.2. The smallest absolute Gasteiger partial charge is 0.207 e. The minimum Gasteiger partial charge on any atom is -0.504 e. The van der Waals surface area contributed by atoms with Crippen LogP contribution in [-0.4, -0.2) is 5.11 Å². The quantitative estimate of drug-likeness (QED) is 0.327. The lowest BCUT2D eigenvalue weighted by Crippen LogP contribution is -2.25. The minimum atomic E-state index is -2.26. The van der Waals surface area contributed by atoms with Gasteiger partial charge in [0.25, 0.3) is 0 Å². The molecule has 156 valence electrons. The maximum absolute atomic E-state index is 14.0. The van der Waals surface area contributed by atoms with Crippen LogP contribution in [0.3, 0.4) is 0 Å². The van der Waals surface area contributed by atoms with Crippen molar-refractivity contribution in [1.29, 1.82) is 0 Å². The van der Waals surface area contributed by atoms with Crippen molar-refractivity contribution < 1.29 is 31.8 Å². The van der Waals surface area contributed by atoms with Crippen molar-refractivity contribution in [2.45, 2.75) is 53.9 Å². The van der Waals surface area contributed by atoms with Gasteiger partial charge in [0.2, 0.25) is 34.8 Å². The summed E-state index contributed by atoms with van der Waals surface area (Å²) in [6, 6.07) is 0. The molecule has 28 heavy (non-hydrogen) atoms. The lowest BCUT2D eigenvalue weighted by Gasteiger charge is -2.33. The van der Waals surface area contributed by atoms with Crippen LogP contribution < -0.4 is 4.74 Å². The molecule has 1 aliphatic rings. The van der Waals surface area contributed by atoms with Crippen LogP contribution in [0.5, 0.6) is 5.75 Å². The summed E-state index contributed by atoms with van der Waals surface area (Å²) >= 11 is 0. The van der Waals surface area contributed by atoms with E-state index in [9.17, 15) is 27.1 Å². The Morgan fingerprint density at radius 2 is 1.54 bits per heavy atom. The Kier molecular flexibility index (Phi) is 6.46. The van der Waals surface area contributed by atoms with E-state index in [4.69, 9.17) is 4.74 Å². The number of hydrogen-bond acceptors (Lipinski definition) is 2. The topological polar surface area (TPSA) is 29.5 Å². The Morgan fingerprint density at radius 1 is 1.04 bits per heavy atom. The average molecular weight is 404 g/mol. The average Bonchev–Trinajstić information content (AvgIpc) is 2.63. The van der Waals surface area contributed by atoms with Crippen LogP contribution in [0.25, 0.3) is 0 Å². The van der Waals surface area contributed by atoms with Gasteiger partial charge in [-0.3, -0.25) is 0 Å². The Balaban J connectivity index is 2.53. The predicted molar refractivity (Wildman–Crippen MR) is 96.2 cm³/mol. The Morgan fingerprint density at radius 3 is 2.00 bits per heavy atom. The van der Waals surface area contributed by atoms with E-state index in [2.05, 4.69) is 0 Å². The van der Waals surface area contributed by atoms with Gasteiger partial charge in [-0.25, -0.2) is 13.2 Å². The highest BCUT2D eigenvalue weighted by molar-refractivity contribution is 5.38. The Labute approximate surface area is 161 Å². The third kappa shape index (κ3) is 4.33. The molecule has 1 N–H and O–H groups in total. The van der Waals surface area contributed by atoms with Gasteiger partial charge in [0.05, 0.1) is 0 Å². The van der Waals surface area contributed by atoms with Gasteiger partial charge in [0, 0.05) is 0 Å². The van der Waals surface area contributed by atoms with Crippen LogP contribution in [0, 0.1) is 46.3 Å². The summed E-state index contributed by atoms with van der Waals surface area (Å²) in [5.41, 5.74) is 0.363. The molecule has 0 heterocycles. The monoisotopic (exact) mass is 404 g/mol. The number of halogens is 5. The minimum absolute atomic E-state index is 0.154. The summed E-state index contributed by atoms with van der Waals surface area (Å²) in [5.74, 6) is -12.6. The fraction of sp³-hybridized carbons (Fsp3) is 0.524. The first-order chi connectivity index (χ1) is 12.9. The van der Waals surface area contributed by atoms with Gasteiger partial charge in [-0.2, -0.15) is 8.78 Å². The largest absolute Gasteiger partial charge is 0.504 e. The normalized spacial score (nSPS) is 18.9. The molecular weight excluding hydrogens is 379 g/mol. The van der Waals surface area contributed by atoms with E-state index in [0.29, 0.717) is 18.4 Å². The van der Waals surface area contributed by atoms with Crippen molar-refractivity contribution in [3.05, 3.63) is 52.3 Å². The summed E-state index contributed by atoms with van der Waals surface area (Å²) < 4.78 is 73.3. The lowest BCUT2D eigenvalue weighted by atomic mass is 9.73. The maximum Gasteiger partial charge on any atom is 0.207 e. The highest BCUT2D eigenvalue weighted by Gasteiger charge is 2.34. The molecule has 0 saturated heterocycles. The second-order valence-electron chi connectivity index (χ2n) is 8.38. The fourth-order valence-corrected chi connectivity index (χ4v) is 3.02. The number of aliphatic hydroxyl groups excluding tert-OH is 1. The molecule has 2 nitrogen and oxygen atoms in total. The van der Waals surface area contributed by atoms with Crippen molar-refractivity contribution in [3.63, 3.8) is 0 Å². The second kappa shape index (κ2) is 8.13. The third-order valence-electron chi connectivity index (χ3n) is 5.17. The molecule has 0 spiro atoms. The second-order valence-corrected chi connectivity index (χ2v) is 8.38. The molecule has 0 bridgehead atoms. The van der Waals surface area contributed by atoms with Crippen LogP contribution in [0.15, 0.2) is 23.2 Å². The number of hydrogen-bond donors (Lipinski definition) is 1. The fourth-order valence-electron chi connectivity index (χ4n) is 3.02. The van der Waals surface area contributed by atoms with E-state index >= 15 is 0 Å². The maximum atomic E-state index is 14.0. The zero-order chi connectivity index (χ0) is 21.4. The first-order valence-corrected chi connectivity index (χ1v) is 9.20. The van der Waals surface area contributed by atoms with E-state index in [1.165, 1.54) is 6.08 Å². The van der Waals surface area contributed by atoms with Crippen molar-refractivity contribution >= 4 is 0 Å². The molecule has 0 fully saturated rings. The van der Waals surface area contributed by atoms with E-state index in [1.807, 2.05) is 34.6 Å². The molecule has 2 rings (SSSR count). The SMILES string of the molecule is CCC(C)CC1=C(O)C(Oc2c(F)c(F)c(F)c(F)c2F)=CC(C(C)(C)C)C1. The van der Waals surface area contributed by atoms with Gasteiger partial charge >= 0.3 is 0 Å². The van der Waals surface area contributed by atoms with Gasteiger partial charge in [0.1, 0.15) is 0 Å². The molecule has 0 amide bonds. The molecule has 0 aromatic heterocycles. The molecule has 0 saturated carbocycles. The number of ether oxygens (including phenoxy) is 1. The molecule has 0 radical (unpaired) electrons. The third-order valence-corrected chi connectivity index (χ3v) is 5.17. The van der Waals surface area contributed by atoms with Crippen LogP contribution in [0.1, 0.15) is 53.9 Å². The van der Waals surface area contributed by atoms with Gasteiger partial charge in [-0.1, -0.05) is 41.0 Å². The summed E-state index contributed by atoms with van der Waals surface area (Å²) in [5, 5.41) is 10.6. The molecular formula is C21H25F5O2. The van der Waals surface area contributed by atoms with Crippen LogP contribution in [0.4, 0.5) is 22.0 Å². The molecule has 1 aromatic rings. The zero-order valence-electron chi connectivity index (χ0n) is 16.6. The number of allylic oxidation sites excluding steroid dienone is 2. The zero-order valence-corrected chi connectivity index (χ0v) is 16.6. The van der Waals surface area contributed by atoms with E-state index in [-0.39, 0.29) is 28.8 Å². The summed E-state index contributed by atoms with van der Waals surface area (Å²) in [4.78, 5) is 0. The molecule has 2 atom stereocenters. The number of rotatable bonds is 5. The molecule has 0 aliphatic heterocycles. The standard InChI is InChI=1S/C21H25F5O2/c1-6-10(2)7-11-8-12(21(3,4)5)9-13(19(11)27)28-20-17(25)15(23)14(22)16(24)18(20)26/h9-10,12,27H,6-8H2,1-5H3. The van der Waals surface area contributed by atoms with Gasteiger partial charge in [-0.05, 0) is 41.7 Å². The highest BCUT2D eigenvalue weighted by atomic mass is 19.2. The van der Waals surface area contributed by atoms with Crippen molar-refractivity contribution in [1.82, 2.24) is 0 Å². The molecule has 1 aromatic carbocycles. The Bertz CT molecular complexity index is 792. The van der Waals surface area contributed by atoms with Crippen molar-refractivity contribution in [2.24, 2.45) is 17.3 Å². The highest BCUT2D eigenvalue weighted by Crippen LogP contribution is 2.42. The van der Waals surface area contributed by atoms with Crippen molar-refractivity contribution in [2.75, 3.05) is 0 Å². The van der Waals surface area contributed by atoms with E-state index < -0.39 is 34.8 Å². The van der Waals surface area contributed by atoms with Crippen LogP contribution >= 0.6 is 0 Å². The van der Waals surface area contributed by atoms with Gasteiger partial charge < -0.3 is 9.84 Å². The lowest BCUT2D eigenvalue weighted by molar-refractivity contribution is 0.240. The van der Waals surface area contributed by atoms with Crippen LogP contribution in [0.2, 0.25) is 0 Å². The molecule has 2 unspecified atom stereocenters. The van der Waals surface area contributed by atoms with Gasteiger partial charge in [-0.15, -0.1) is 0 Å². The molecule has 7 heteroatoms. The van der Waals surface area contributed by atoms with E-state index in [0.717, 1.165) is 6.42 Å². The van der Waals surface area contributed by atoms with Gasteiger partial charge in [0.15, 0.2) is 11.5 Å². The summed E-state index contributed by atoms with van der Waals surface area (Å²) in [7, 11) is 0. The van der Waals surface area contributed by atoms with Crippen molar-refractivity contribution in [3.8, 4) is 5.75 Å². The predicted octanol–water partition coefficient (Wildman–Crippen LogP) is 6.96. The Hall–Kier alpha value is -2.05. The van der Waals surface area contributed by atoms with Crippen LogP contribution in [-0.2, 0) is 0 Å². The van der Waals surface area contributed by atoms with E-state index in [1.54, 1.807) is 0 Å². The number of benzene rings is 1. The number of aliphatic hydroxyl groups is 1. The summed E-state index contributed by atoms with van der Waals surface area (Å²) in [6.07, 6.45) is 3.39. The summed E-state index contributed by atoms with van der Waals surface area (Å²) in [6.45, 7) is 9.85. The molecule has 1 aliphatic carbocycles. The first-order valence-electron chi connectivity index (χ1n) is 9.20.